The number of para-hydroxylation sites is 1. The Balaban J connectivity index is 2.38. The Bertz CT molecular complexity index is 631. The van der Waals surface area contributed by atoms with Crippen LogP contribution >= 0.6 is 0 Å². The van der Waals surface area contributed by atoms with Crippen LogP contribution in [0.25, 0.3) is 10.9 Å². The molecular formula is C15H21N3O. The summed E-state index contributed by atoms with van der Waals surface area (Å²) >= 11 is 0. The Kier molecular flexibility index (Phi) is 3.90. The summed E-state index contributed by atoms with van der Waals surface area (Å²) in [6, 6.07) is 10.0. The van der Waals surface area contributed by atoms with Gasteiger partial charge in [0.15, 0.2) is 0 Å². The van der Waals surface area contributed by atoms with Crippen molar-refractivity contribution in [2.45, 2.75) is 13.0 Å². The van der Waals surface area contributed by atoms with Gasteiger partial charge in [-0.1, -0.05) is 18.2 Å². The van der Waals surface area contributed by atoms with E-state index in [9.17, 15) is 4.79 Å². The van der Waals surface area contributed by atoms with Gasteiger partial charge in [0.25, 0.3) is 5.56 Å². The molecule has 0 saturated carbocycles. The number of fused-ring (bicyclic) bond motifs is 1. The number of hydrogen-bond acceptors (Lipinski definition) is 3. The molecule has 1 N–H and O–H groups in total. The van der Waals surface area contributed by atoms with Crippen LogP contribution in [-0.4, -0.2) is 36.1 Å². The number of rotatable bonds is 4. The highest BCUT2D eigenvalue weighted by molar-refractivity contribution is 5.91. The number of nitrogens with one attached hydrogen (secondary N) is 1. The molecule has 0 aliphatic carbocycles. The highest BCUT2D eigenvalue weighted by Gasteiger charge is 2.08. The number of likely N-dealkylation sites (N-methyl/N-ethyl adjacent to an activating group) is 1. The Morgan fingerprint density at radius 1 is 1.32 bits per heavy atom. The normalized spacial score (nSPS) is 12.9. The summed E-state index contributed by atoms with van der Waals surface area (Å²) in [6.07, 6.45) is 0. The number of aromatic nitrogens is 1. The number of aryl methyl sites for hydroxylation is 1. The molecule has 1 aromatic carbocycles. The molecule has 0 aliphatic rings. The molecular weight excluding hydrogens is 238 g/mol. The second-order valence-electron chi connectivity index (χ2n) is 5.17. The van der Waals surface area contributed by atoms with E-state index >= 15 is 0 Å². The smallest absolute Gasteiger partial charge is 0.252 e. The number of benzene rings is 1. The minimum atomic E-state index is 0.0127. The van der Waals surface area contributed by atoms with E-state index in [0.29, 0.717) is 6.04 Å². The van der Waals surface area contributed by atoms with E-state index < -0.39 is 0 Å². The molecule has 0 amide bonds. The Morgan fingerprint density at radius 2 is 2.00 bits per heavy atom. The van der Waals surface area contributed by atoms with E-state index in [-0.39, 0.29) is 5.56 Å². The molecule has 0 saturated heterocycles. The first-order valence-corrected chi connectivity index (χ1v) is 6.50. The molecule has 4 nitrogen and oxygen atoms in total. The van der Waals surface area contributed by atoms with Crippen molar-refractivity contribution >= 4 is 16.6 Å². The van der Waals surface area contributed by atoms with Crippen molar-refractivity contribution in [3.63, 3.8) is 0 Å². The number of nitrogens with zero attached hydrogens (tertiary/aromatic N) is 2. The third-order valence-corrected chi connectivity index (χ3v) is 3.62. The summed E-state index contributed by atoms with van der Waals surface area (Å²) < 4.78 is 1.68. The van der Waals surface area contributed by atoms with Gasteiger partial charge in [0.1, 0.15) is 0 Å². The molecule has 1 unspecified atom stereocenters. The molecule has 0 fully saturated rings. The fraction of sp³-hybridized carbons (Fsp3) is 0.400. The first-order chi connectivity index (χ1) is 9.00. The second kappa shape index (κ2) is 5.45. The highest BCUT2D eigenvalue weighted by Crippen LogP contribution is 2.20. The Hall–Kier alpha value is -1.81. The molecule has 0 bridgehead atoms. The van der Waals surface area contributed by atoms with Crippen molar-refractivity contribution in [1.82, 2.24) is 9.47 Å². The molecule has 2 rings (SSSR count). The maximum Gasteiger partial charge on any atom is 0.252 e. The summed E-state index contributed by atoms with van der Waals surface area (Å²) in [6.45, 7) is 2.96. The summed E-state index contributed by atoms with van der Waals surface area (Å²) in [5, 5.41) is 4.46. The van der Waals surface area contributed by atoms with Gasteiger partial charge in [0, 0.05) is 36.8 Å². The maximum atomic E-state index is 11.9. The topological polar surface area (TPSA) is 37.3 Å². The van der Waals surface area contributed by atoms with Gasteiger partial charge in [-0.25, -0.2) is 0 Å². The zero-order chi connectivity index (χ0) is 14.0. The molecule has 19 heavy (non-hydrogen) atoms. The third kappa shape index (κ3) is 2.79. The fourth-order valence-electron chi connectivity index (χ4n) is 2.00. The van der Waals surface area contributed by atoms with Crippen molar-refractivity contribution < 1.29 is 0 Å². The van der Waals surface area contributed by atoms with Crippen molar-refractivity contribution in [3.8, 4) is 0 Å². The van der Waals surface area contributed by atoms with Crippen LogP contribution in [0.5, 0.6) is 0 Å². The van der Waals surface area contributed by atoms with E-state index in [4.69, 9.17) is 0 Å². The summed E-state index contributed by atoms with van der Waals surface area (Å²) in [5.74, 6) is 0. The predicted octanol–water partition coefficient (Wildman–Crippen LogP) is 1.90. The van der Waals surface area contributed by atoms with Gasteiger partial charge in [-0.3, -0.25) is 4.79 Å². The SMILES string of the molecule is CC(CNc1cc(=O)n(C)c2ccccc12)N(C)C. The standard InChI is InChI=1S/C15H21N3O/c1-11(17(2)3)10-16-13-9-15(19)18(4)14-8-6-5-7-12(13)14/h5-9,11,16H,10H2,1-4H3. The summed E-state index contributed by atoms with van der Waals surface area (Å²) in [7, 11) is 5.90. The number of hydrogen-bond donors (Lipinski definition) is 1. The van der Waals surface area contributed by atoms with Gasteiger partial charge in [0.05, 0.1) is 5.52 Å². The lowest BCUT2D eigenvalue weighted by molar-refractivity contribution is 0.326. The van der Waals surface area contributed by atoms with Crippen LogP contribution in [-0.2, 0) is 7.05 Å². The maximum absolute atomic E-state index is 11.9. The van der Waals surface area contributed by atoms with E-state index in [1.807, 2.05) is 24.3 Å². The van der Waals surface area contributed by atoms with Crippen LogP contribution in [0.3, 0.4) is 0 Å². The van der Waals surface area contributed by atoms with Crippen LogP contribution in [0, 0.1) is 0 Å². The second-order valence-corrected chi connectivity index (χ2v) is 5.17. The monoisotopic (exact) mass is 259 g/mol. The zero-order valence-electron chi connectivity index (χ0n) is 12.0. The highest BCUT2D eigenvalue weighted by atomic mass is 16.1. The molecule has 1 heterocycles. The lowest BCUT2D eigenvalue weighted by Gasteiger charge is -2.21. The van der Waals surface area contributed by atoms with Crippen molar-refractivity contribution in [2.24, 2.45) is 7.05 Å². The molecule has 0 radical (unpaired) electrons. The molecule has 2 aromatic rings. The molecule has 0 aliphatic heterocycles. The van der Waals surface area contributed by atoms with Crippen LogP contribution in [0.2, 0.25) is 0 Å². The van der Waals surface area contributed by atoms with Gasteiger partial charge >= 0.3 is 0 Å². The molecule has 102 valence electrons. The van der Waals surface area contributed by atoms with E-state index in [2.05, 4.69) is 31.2 Å². The average molecular weight is 259 g/mol. The molecule has 1 aromatic heterocycles. The third-order valence-electron chi connectivity index (χ3n) is 3.62. The van der Waals surface area contributed by atoms with Gasteiger partial charge in [0.2, 0.25) is 0 Å². The summed E-state index contributed by atoms with van der Waals surface area (Å²) in [5.41, 5.74) is 1.88. The minimum absolute atomic E-state index is 0.0127. The number of anilines is 1. The first-order valence-electron chi connectivity index (χ1n) is 6.50. The van der Waals surface area contributed by atoms with E-state index in [0.717, 1.165) is 23.1 Å². The fourth-order valence-corrected chi connectivity index (χ4v) is 2.00. The van der Waals surface area contributed by atoms with Crippen LogP contribution < -0.4 is 10.9 Å². The predicted molar refractivity (Wildman–Crippen MR) is 80.8 cm³/mol. The largest absolute Gasteiger partial charge is 0.383 e. The van der Waals surface area contributed by atoms with Gasteiger partial charge < -0.3 is 14.8 Å². The molecule has 4 heteroatoms. The van der Waals surface area contributed by atoms with Crippen molar-refractivity contribution in [1.29, 1.82) is 0 Å². The Morgan fingerprint density at radius 3 is 2.68 bits per heavy atom. The van der Waals surface area contributed by atoms with Crippen LogP contribution in [0.15, 0.2) is 35.1 Å². The van der Waals surface area contributed by atoms with E-state index in [1.54, 1.807) is 17.7 Å². The Labute approximate surface area is 113 Å². The minimum Gasteiger partial charge on any atom is -0.383 e. The van der Waals surface area contributed by atoms with Gasteiger partial charge in [-0.05, 0) is 27.1 Å². The first kappa shape index (κ1) is 13.6. The van der Waals surface area contributed by atoms with Crippen LogP contribution in [0.4, 0.5) is 5.69 Å². The lowest BCUT2D eigenvalue weighted by atomic mass is 10.1. The average Bonchev–Trinajstić information content (AvgIpc) is 2.40. The van der Waals surface area contributed by atoms with Gasteiger partial charge in [-0.2, -0.15) is 0 Å². The molecule has 1 atom stereocenters. The van der Waals surface area contributed by atoms with Gasteiger partial charge in [-0.15, -0.1) is 0 Å². The van der Waals surface area contributed by atoms with Crippen LogP contribution in [0.1, 0.15) is 6.92 Å². The van der Waals surface area contributed by atoms with E-state index in [1.165, 1.54) is 0 Å². The summed E-state index contributed by atoms with van der Waals surface area (Å²) in [4.78, 5) is 14.1. The lowest BCUT2D eigenvalue weighted by Crippen LogP contribution is -2.32. The van der Waals surface area contributed by atoms with Crippen molar-refractivity contribution in [3.05, 3.63) is 40.7 Å². The van der Waals surface area contributed by atoms with Crippen molar-refractivity contribution in [2.75, 3.05) is 26.0 Å². The number of pyridine rings is 1. The zero-order valence-corrected chi connectivity index (χ0v) is 12.0. The quantitative estimate of drug-likeness (QED) is 0.911. The molecule has 0 spiro atoms.